The number of anilines is 1. The molecule has 156 valence electrons. The molecule has 0 unspecified atom stereocenters. The Morgan fingerprint density at radius 2 is 2.03 bits per heavy atom. The molecule has 0 atom stereocenters. The van der Waals surface area contributed by atoms with E-state index in [2.05, 4.69) is 20.6 Å². The van der Waals surface area contributed by atoms with Gasteiger partial charge in [0.1, 0.15) is 11.3 Å². The van der Waals surface area contributed by atoms with Gasteiger partial charge in [0.2, 0.25) is 5.91 Å². The standard InChI is InChI=1S/C21H22FN5O3/c1-13-2-3-17(16(22)8-13)26-19(28)11-24-21(29)14-9-18-20(23-10-14)27(12-25-18)15-4-6-30-7-5-15/h2-3,8-10,12,15H,4-7,11H2,1H3,(H,24,29)(H,26,28). The highest BCUT2D eigenvalue weighted by molar-refractivity contribution is 6.00. The normalized spacial score (nSPS) is 14.6. The molecular weight excluding hydrogens is 389 g/mol. The summed E-state index contributed by atoms with van der Waals surface area (Å²) in [5.74, 6) is -1.50. The van der Waals surface area contributed by atoms with Crippen molar-refractivity contribution in [2.45, 2.75) is 25.8 Å². The fourth-order valence-electron chi connectivity index (χ4n) is 3.45. The second-order valence-corrected chi connectivity index (χ2v) is 7.28. The minimum absolute atomic E-state index is 0.0709. The molecule has 0 saturated carbocycles. The molecule has 8 nitrogen and oxygen atoms in total. The molecule has 1 fully saturated rings. The second kappa shape index (κ2) is 8.58. The van der Waals surface area contributed by atoms with Crippen LogP contribution < -0.4 is 10.6 Å². The van der Waals surface area contributed by atoms with E-state index >= 15 is 0 Å². The molecule has 1 aromatic carbocycles. The number of carbonyl (C=O) groups is 2. The van der Waals surface area contributed by atoms with Crippen molar-refractivity contribution in [1.29, 1.82) is 0 Å². The number of fused-ring (bicyclic) bond motifs is 1. The maximum absolute atomic E-state index is 13.8. The van der Waals surface area contributed by atoms with Crippen molar-refractivity contribution in [1.82, 2.24) is 19.9 Å². The molecule has 3 aromatic rings. The van der Waals surface area contributed by atoms with Gasteiger partial charge in [-0.3, -0.25) is 9.59 Å². The molecule has 3 heterocycles. The zero-order chi connectivity index (χ0) is 21.1. The van der Waals surface area contributed by atoms with Gasteiger partial charge in [0, 0.05) is 25.5 Å². The van der Waals surface area contributed by atoms with Gasteiger partial charge in [-0.05, 0) is 43.5 Å². The topological polar surface area (TPSA) is 98.1 Å². The van der Waals surface area contributed by atoms with Crippen LogP contribution in [0, 0.1) is 12.7 Å². The number of benzene rings is 1. The molecule has 2 N–H and O–H groups in total. The lowest BCUT2D eigenvalue weighted by Crippen LogP contribution is -2.33. The highest BCUT2D eigenvalue weighted by Gasteiger charge is 2.19. The molecule has 0 radical (unpaired) electrons. The van der Waals surface area contributed by atoms with E-state index in [1.807, 2.05) is 4.57 Å². The largest absolute Gasteiger partial charge is 0.381 e. The number of ether oxygens (including phenoxy) is 1. The lowest BCUT2D eigenvalue weighted by molar-refractivity contribution is -0.115. The Kier molecular flexibility index (Phi) is 5.71. The van der Waals surface area contributed by atoms with Gasteiger partial charge in [0.05, 0.1) is 24.1 Å². The molecule has 1 aliphatic rings. The van der Waals surface area contributed by atoms with Crippen LogP contribution in [0.5, 0.6) is 0 Å². The highest BCUT2D eigenvalue weighted by Crippen LogP contribution is 2.24. The number of nitrogens with zero attached hydrogens (tertiary/aromatic N) is 3. The number of hydrogen-bond donors (Lipinski definition) is 2. The van der Waals surface area contributed by atoms with Gasteiger partial charge in [-0.1, -0.05) is 6.07 Å². The van der Waals surface area contributed by atoms with Crippen molar-refractivity contribution in [3.63, 3.8) is 0 Å². The third-order valence-electron chi connectivity index (χ3n) is 5.07. The van der Waals surface area contributed by atoms with Crippen molar-refractivity contribution in [2.24, 2.45) is 0 Å². The molecular formula is C21H22FN5O3. The minimum atomic E-state index is -0.524. The first-order chi connectivity index (χ1) is 14.5. The summed E-state index contributed by atoms with van der Waals surface area (Å²) in [5, 5.41) is 4.96. The zero-order valence-corrected chi connectivity index (χ0v) is 16.5. The molecule has 9 heteroatoms. The summed E-state index contributed by atoms with van der Waals surface area (Å²) in [6.07, 6.45) is 4.99. The summed E-state index contributed by atoms with van der Waals surface area (Å²) < 4.78 is 21.2. The molecule has 30 heavy (non-hydrogen) atoms. The zero-order valence-electron chi connectivity index (χ0n) is 16.5. The number of aromatic nitrogens is 3. The summed E-state index contributed by atoms with van der Waals surface area (Å²) in [5.41, 5.74) is 2.45. The highest BCUT2D eigenvalue weighted by atomic mass is 19.1. The van der Waals surface area contributed by atoms with Crippen LogP contribution in [0.3, 0.4) is 0 Å². The van der Waals surface area contributed by atoms with Gasteiger partial charge in [0.15, 0.2) is 5.65 Å². The van der Waals surface area contributed by atoms with E-state index in [-0.39, 0.29) is 18.3 Å². The van der Waals surface area contributed by atoms with Crippen LogP contribution in [-0.4, -0.2) is 46.1 Å². The smallest absolute Gasteiger partial charge is 0.253 e. The van der Waals surface area contributed by atoms with Crippen LogP contribution in [0.4, 0.5) is 10.1 Å². The van der Waals surface area contributed by atoms with Crippen LogP contribution >= 0.6 is 0 Å². The first-order valence-electron chi connectivity index (χ1n) is 9.76. The third kappa shape index (κ3) is 4.30. The molecule has 1 aliphatic heterocycles. The Hall–Kier alpha value is -3.33. The van der Waals surface area contributed by atoms with E-state index < -0.39 is 17.6 Å². The van der Waals surface area contributed by atoms with E-state index in [0.717, 1.165) is 18.4 Å². The number of aryl methyl sites for hydroxylation is 1. The molecule has 4 rings (SSSR count). The van der Waals surface area contributed by atoms with Gasteiger partial charge in [0.25, 0.3) is 5.91 Å². The fourth-order valence-corrected chi connectivity index (χ4v) is 3.45. The number of pyridine rings is 1. The predicted molar refractivity (Wildman–Crippen MR) is 109 cm³/mol. The fraction of sp³-hybridized carbons (Fsp3) is 0.333. The van der Waals surface area contributed by atoms with E-state index in [9.17, 15) is 14.0 Å². The van der Waals surface area contributed by atoms with E-state index in [4.69, 9.17) is 4.74 Å². The number of carbonyl (C=O) groups excluding carboxylic acids is 2. The van der Waals surface area contributed by atoms with Crippen LogP contribution in [-0.2, 0) is 9.53 Å². The summed E-state index contributed by atoms with van der Waals surface area (Å²) in [7, 11) is 0. The van der Waals surface area contributed by atoms with Crippen molar-refractivity contribution in [2.75, 3.05) is 25.1 Å². The maximum atomic E-state index is 13.8. The quantitative estimate of drug-likeness (QED) is 0.673. The van der Waals surface area contributed by atoms with Crippen molar-refractivity contribution >= 4 is 28.7 Å². The molecule has 2 aromatic heterocycles. The average molecular weight is 411 g/mol. The Morgan fingerprint density at radius 1 is 1.23 bits per heavy atom. The van der Waals surface area contributed by atoms with Gasteiger partial charge in [-0.25, -0.2) is 14.4 Å². The molecule has 0 spiro atoms. The summed E-state index contributed by atoms with van der Waals surface area (Å²) >= 11 is 0. The number of halogens is 1. The number of nitrogens with one attached hydrogen (secondary N) is 2. The Balaban J connectivity index is 1.39. The van der Waals surface area contributed by atoms with Crippen LogP contribution in [0.15, 0.2) is 36.8 Å². The van der Waals surface area contributed by atoms with E-state index in [1.165, 1.54) is 18.3 Å². The SMILES string of the molecule is Cc1ccc(NC(=O)CNC(=O)c2cnc3c(c2)ncn3C2CCOCC2)c(F)c1. The minimum Gasteiger partial charge on any atom is -0.381 e. The van der Waals surface area contributed by atoms with Gasteiger partial charge in [-0.15, -0.1) is 0 Å². The predicted octanol–water partition coefficient (Wildman–Crippen LogP) is 2.60. The number of imidazole rings is 1. The van der Waals surface area contributed by atoms with Crippen LogP contribution in [0.1, 0.15) is 34.8 Å². The Bertz CT molecular complexity index is 1090. The molecule has 1 saturated heterocycles. The summed E-state index contributed by atoms with van der Waals surface area (Å²) in [6.45, 7) is 2.88. The second-order valence-electron chi connectivity index (χ2n) is 7.28. The van der Waals surface area contributed by atoms with Crippen molar-refractivity contribution in [3.05, 3.63) is 53.7 Å². The number of amides is 2. The van der Waals surface area contributed by atoms with E-state index in [0.29, 0.717) is 29.9 Å². The molecule has 0 bridgehead atoms. The Labute approximate surface area is 172 Å². The summed E-state index contributed by atoms with van der Waals surface area (Å²) in [4.78, 5) is 33.2. The van der Waals surface area contributed by atoms with E-state index in [1.54, 1.807) is 25.4 Å². The lowest BCUT2D eigenvalue weighted by atomic mass is 10.1. The van der Waals surface area contributed by atoms with Crippen LogP contribution in [0.25, 0.3) is 11.2 Å². The van der Waals surface area contributed by atoms with Crippen molar-refractivity contribution in [3.8, 4) is 0 Å². The maximum Gasteiger partial charge on any atom is 0.253 e. The third-order valence-corrected chi connectivity index (χ3v) is 5.07. The first kappa shape index (κ1) is 20.0. The van der Waals surface area contributed by atoms with Crippen LogP contribution in [0.2, 0.25) is 0 Å². The average Bonchev–Trinajstić information content (AvgIpc) is 3.18. The lowest BCUT2D eigenvalue weighted by Gasteiger charge is -2.23. The molecule has 2 amide bonds. The summed E-state index contributed by atoms with van der Waals surface area (Å²) in [6, 6.07) is 6.43. The van der Waals surface area contributed by atoms with Gasteiger partial charge >= 0.3 is 0 Å². The Morgan fingerprint density at radius 3 is 2.80 bits per heavy atom. The number of hydrogen-bond acceptors (Lipinski definition) is 5. The van der Waals surface area contributed by atoms with Crippen molar-refractivity contribution < 1.29 is 18.7 Å². The molecule has 0 aliphatic carbocycles. The van der Waals surface area contributed by atoms with Gasteiger partial charge in [-0.2, -0.15) is 0 Å². The monoisotopic (exact) mass is 411 g/mol. The number of rotatable bonds is 5. The van der Waals surface area contributed by atoms with Gasteiger partial charge < -0.3 is 19.9 Å². The first-order valence-corrected chi connectivity index (χ1v) is 9.76.